The van der Waals surface area contributed by atoms with Gasteiger partial charge in [0, 0.05) is 12.8 Å². The number of halogens is 2. The summed E-state index contributed by atoms with van der Waals surface area (Å²) in [5.41, 5.74) is -1.62. The highest BCUT2D eigenvalue weighted by atomic mass is 35.5. The van der Waals surface area contributed by atoms with Crippen LogP contribution in [0.4, 0.5) is 0 Å². The van der Waals surface area contributed by atoms with Crippen molar-refractivity contribution < 1.29 is 18.4 Å². The molecule has 1 aliphatic rings. The van der Waals surface area contributed by atoms with Crippen LogP contribution in [-0.2, 0) is 18.4 Å². The van der Waals surface area contributed by atoms with Crippen LogP contribution in [-0.4, -0.2) is 17.0 Å². The minimum absolute atomic E-state index is 0.221. The summed E-state index contributed by atoms with van der Waals surface area (Å²) in [4.78, 5) is 11.5. The average molecular weight is 304 g/mol. The molecule has 1 heterocycles. The van der Waals surface area contributed by atoms with Gasteiger partial charge in [-0.25, -0.2) is 4.57 Å². The Labute approximate surface area is 111 Å². The molecule has 1 rings (SSSR count). The zero-order chi connectivity index (χ0) is 12.9. The average Bonchev–Trinajstić information content (AvgIpc) is 2.14. The van der Waals surface area contributed by atoms with Crippen LogP contribution in [0.25, 0.3) is 0 Å². The first-order chi connectivity index (χ1) is 7.95. The molecule has 100 valence electrons. The van der Waals surface area contributed by atoms with Crippen LogP contribution in [0.15, 0.2) is 0 Å². The van der Waals surface area contributed by atoms with Gasteiger partial charge < -0.3 is 0 Å². The van der Waals surface area contributed by atoms with Gasteiger partial charge in [-0.3, -0.25) is 18.9 Å². The Balaban J connectivity index is 2.43. The minimum Gasteiger partial charge on any atom is -0.275 e. The molecular formula is C9H16Cl2NO4P. The third kappa shape index (κ3) is 5.58. The second-order valence-corrected chi connectivity index (χ2v) is 6.37. The summed E-state index contributed by atoms with van der Waals surface area (Å²) < 4.78 is 21.8. The van der Waals surface area contributed by atoms with Crippen LogP contribution in [0.1, 0.15) is 39.0 Å². The fraction of sp³-hybridized carbons (Fsp3) is 0.889. The first-order valence-corrected chi connectivity index (χ1v) is 7.93. The van der Waals surface area contributed by atoms with E-state index >= 15 is 0 Å². The van der Waals surface area contributed by atoms with E-state index in [2.05, 4.69) is 5.09 Å². The molecule has 5 nitrogen and oxygen atoms in total. The Kier molecular flexibility index (Phi) is 6.24. The standard InChI is InChI=1S/C9H16Cl2NO4P/c1-2-3-4-5-9(13)12-17(14)15-7(10)6-8(11)16-17/h7-8H,2-6H2,1H3,(H,12,13,14). The lowest BCUT2D eigenvalue weighted by Gasteiger charge is -2.29. The topological polar surface area (TPSA) is 64.6 Å². The van der Waals surface area contributed by atoms with E-state index in [1.54, 1.807) is 0 Å². The van der Waals surface area contributed by atoms with Crippen molar-refractivity contribution in [1.29, 1.82) is 0 Å². The molecule has 0 radical (unpaired) electrons. The van der Waals surface area contributed by atoms with Gasteiger partial charge in [0.2, 0.25) is 5.91 Å². The lowest BCUT2D eigenvalue weighted by molar-refractivity contribution is -0.120. The van der Waals surface area contributed by atoms with Gasteiger partial charge in [0.1, 0.15) is 11.1 Å². The molecule has 1 amide bonds. The highest BCUT2D eigenvalue weighted by Crippen LogP contribution is 2.52. The lowest BCUT2D eigenvalue weighted by atomic mass is 10.2. The van der Waals surface area contributed by atoms with E-state index in [4.69, 9.17) is 32.2 Å². The number of carbonyl (C=O) groups excluding carboxylic acids is 1. The van der Waals surface area contributed by atoms with Gasteiger partial charge >= 0.3 is 7.75 Å². The number of amides is 1. The first-order valence-electron chi connectivity index (χ1n) is 5.51. The van der Waals surface area contributed by atoms with E-state index < -0.39 is 18.9 Å². The molecule has 2 atom stereocenters. The van der Waals surface area contributed by atoms with Crippen LogP contribution in [0.3, 0.4) is 0 Å². The smallest absolute Gasteiger partial charge is 0.275 e. The molecule has 0 aromatic heterocycles. The molecule has 0 aromatic rings. The molecule has 1 saturated heterocycles. The molecule has 1 aliphatic heterocycles. The summed E-state index contributed by atoms with van der Waals surface area (Å²) in [6.45, 7) is 2.03. The van der Waals surface area contributed by atoms with Crippen molar-refractivity contribution in [3.8, 4) is 0 Å². The zero-order valence-electron chi connectivity index (χ0n) is 9.53. The quantitative estimate of drug-likeness (QED) is 0.480. The van der Waals surface area contributed by atoms with Crippen LogP contribution < -0.4 is 5.09 Å². The maximum Gasteiger partial charge on any atom is 0.437 e. The number of nitrogens with one attached hydrogen (secondary N) is 1. The van der Waals surface area contributed by atoms with Crippen LogP contribution >= 0.6 is 30.9 Å². The highest BCUT2D eigenvalue weighted by molar-refractivity contribution is 7.52. The second-order valence-electron chi connectivity index (χ2n) is 3.76. The van der Waals surface area contributed by atoms with Crippen LogP contribution in [0.5, 0.6) is 0 Å². The number of carbonyl (C=O) groups is 1. The third-order valence-corrected chi connectivity index (χ3v) is 4.52. The molecule has 8 heteroatoms. The first kappa shape index (κ1) is 15.3. The Bertz CT molecular complexity index is 301. The second kappa shape index (κ2) is 6.95. The number of rotatable bonds is 5. The molecule has 1 fully saturated rings. The summed E-state index contributed by atoms with van der Waals surface area (Å²) in [5.74, 6) is -0.378. The molecule has 0 aliphatic carbocycles. The van der Waals surface area contributed by atoms with Crippen molar-refractivity contribution in [1.82, 2.24) is 5.09 Å². The van der Waals surface area contributed by atoms with Gasteiger partial charge in [-0.15, -0.1) is 0 Å². The van der Waals surface area contributed by atoms with Gasteiger partial charge in [-0.2, -0.15) is 0 Å². The van der Waals surface area contributed by atoms with Crippen molar-refractivity contribution in [3.05, 3.63) is 0 Å². The molecule has 0 aromatic carbocycles. The van der Waals surface area contributed by atoms with Crippen molar-refractivity contribution in [3.63, 3.8) is 0 Å². The zero-order valence-corrected chi connectivity index (χ0v) is 11.9. The van der Waals surface area contributed by atoms with Crippen molar-refractivity contribution in [2.45, 2.75) is 50.2 Å². The molecular weight excluding hydrogens is 288 g/mol. The molecule has 2 unspecified atom stereocenters. The van der Waals surface area contributed by atoms with Crippen molar-refractivity contribution in [2.24, 2.45) is 0 Å². The van der Waals surface area contributed by atoms with E-state index in [1.807, 2.05) is 6.92 Å². The number of hydrogen-bond acceptors (Lipinski definition) is 4. The van der Waals surface area contributed by atoms with E-state index in [0.29, 0.717) is 0 Å². The summed E-state index contributed by atoms with van der Waals surface area (Å²) in [7, 11) is -3.69. The monoisotopic (exact) mass is 303 g/mol. The molecule has 17 heavy (non-hydrogen) atoms. The molecule has 0 saturated carbocycles. The van der Waals surface area contributed by atoms with Gasteiger partial charge in [-0.05, 0) is 6.42 Å². The predicted molar refractivity (Wildman–Crippen MR) is 66.0 cm³/mol. The Morgan fingerprint density at radius 3 is 2.47 bits per heavy atom. The molecule has 0 bridgehead atoms. The third-order valence-electron chi connectivity index (χ3n) is 2.15. The predicted octanol–water partition coefficient (Wildman–Crippen LogP) is 3.36. The summed E-state index contributed by atoms with van der Waals surface area (Å²) in [6.07, 6.45) is 3.18. The fourth-order valence-corrected chi connectivity index (χ4v) is 3.75. The maximum absolute atomic E-state index is 12.0. The molecule has 1 N–H and O–H groups in total. The van der Waals surface area contributed by atoms with Gasteiger partial charge in [-0.1, -0.05) is 43.0 Å². The van der Waals surface area contributed by atoms with E-state index in [9.17, 15) is 9.36 Å². The number of hydrogen-bond donors (Lipinski definition) is 1. The fourth-order valence-electron chi connectivity index (χ4n) is 1.35. The SMILES string of the molecule is CCCCCC(=O)NP1(=O)OC(Cl)CC(Cl)O1. The Hall–Kier alpha value is 0.200. The van der Waals surface area contributed by atoms with E-state index in [-0.39, 0.29) is 18.7 Å². The minimum atomic E-state index is -3.69. The van der Waals surface area contributed by atoms with Gasteiger partial charge in [0.25, 0.3) is 0 Å². The van der Waals surface area contributed by atoms with Crippen LogP contribution in [0, 0.1) is 0 Å². The van der Waals surface area contributed by atoms with Crippen molar-refractivity contribution in [2.75, 3.05) is 0 Å². The van der Waals surface area contributed by atoms with Gasteiger partial charge in [0.05, 0.1) is 0 Å². The highest BCUT2D eigenvalue weighted by Gasteiger charge is 2.39. The van der Waals surface area contributed by atoms with E-state index in [1.165, 1.54) is 0 Å². The van der Waals surface area contributed by atoms with Gasteiger partial charge in [0.15, 0.2) is 0 Å². The maximum atomic E-state index is 12.0. The largest absolute Gasteiger partial charge is 0.437 e. The van der Waals surface area contributed by atoms with Crippen molar-refractivity contribution >= 4 is 36.9 Å². The number of unbranched alkanes of at least 4 members (excludes halogenated alkanes) is 2. The summed E-state index contributed by atoms with van der Waals surface area (Å²) in [6, 6.07) is 0. The Morgan fingerprint density at radius 1 is 1.35 bits per heavy atom. The summed E-state index contributed by atoms with van der Waals surface area (Å²) >= 11 is 11.4. The normalized spacial score (nSPS) is 33.4. The molecule has 0 spiro atoms. The van der Waals surface area contributed by atoms with E-state index in [0.717, 1.165) is 19.3 Å². The lowest BCUT2D eigenvalue weighted by Crippen LogP contribution is -2.30. The Morgan fingerprint density at radius 2 is 1.94 bits per heavy atom. The summed E-state index contributed by atoms with van der Waals surface area (Å²) in [5, 5.41) is 2.22. The number of alkyl halides is 2. The van der Waals surface area contributed by atoms with Crippen LogP contribution in [0.2, 0.25) is 0 Å².